The smallest absolute Gasteiger partial charge is 0.110 e. The van der Waals surface area contributed by atoms with E-state index >= 15 is 0 Å². The third-order valence-corrected chi connectivity index (χ3v) is 3.76. The fourth-order valence-corrected chi connectivity index (χ4v) is 2.52. The number of nitrogens with zero attached hydrogens (tertiary/aromatic N) is 2. The van der Waals surface area contributed by atoms with Gasteiger partial charge in [0, 0.05) is 31.4 Å². The van der Waals surface area contributed by atoms with Crippen LogP contribution in [-0.4, -0.2) is 22.6 Å². The summed E-state index contributed by atoms with van der Waals surface area (Å²) in [6.45, 7) is 3.31. The summed E-state index contributed by atoms with van der Waals surface area (Å²) in [6, 6.07) is 0.617. The van der Waals surface area contributed by atoms with Crippen LogP contribution in [0.5, 0.6) is 0 Å². The number of hydrogen-bond acceptors (Lipinski definition) is 2. The van der Waals surface area contributed by atoms with Gasteiger partial charge in [-0.05, 0) is 32.2 Å². The number of likely N-dealkylation sites (N-methyl/N-ethyl adjacent to an activating group) is 1. The van der Waals surface area contributed by atoms with Gasteiger partial charge in [-0.15, -0.1) is 0 Å². The van der Waals surface area contributed by atoms with Crippen LogP contribution >= 0.6 is 0 Å². The standard InChI is InChI=1S/C13H23N3/c1-3-8-16-9-7-15-13(16)10-12(14-2)11-5-4-6-11/h7,9,11-12,14H,3-6,8,10H2,1-2H3. The van der Waals surface area contributed by atoms with Crippen LogP contribution in [0, 0.1) is 5.92 Å². The van der Waals surface area contributed by atoms with Crippen LogP contribution in [0.25, 0.3) is 0 Å². The molecule has 1 aromatic rings. The van der Waals surface area contributed by atoms with Gasteiger partial charge in [-0.3, -0.25) is 0 Å². The van der Waals surface area contributed by atoms with Crippen molar-refractivity contribution in [1.29, 1.82) is 0 Å². The SMILES string of the molecule is CCCn1ccnc1CC(NC)C1CCC1. The zero-order chi connectivity index (χ0) is 11.4. The largest absolute Gasteiger partial charge is 0.335 e. The van der Waals surface area contributed by atoms with E-state index in [1.54, 1.807) is 0 Å². The van der Waals surface area contributed by atoms with Gasteiger partial charge in [0.1, 0.15) is 5.82 Å². The van der Waals surface area contributed by atoms with Crippen LogP contribution in [0.2, 0.25) is 0 Å². The summed E-state index contributed by atoms with van der Waals surface area (Å²) >= 11 is 0. The van der Waals surface area contributed by atoms with E-state index < -0.39 is 0 Å². The molecule has 1 heterocycles. The molecule has 0 amide bonds. The average molecular weight is 221 g/mol. The molecule has 1 aliphatic carbocycles. The van der Waals surface area contributed by atoms with Crippen LogP contribution in [0.15, 0.2) is 12.4 Å². The normalized spacial score (nSPS) is 18.4. The van der Waals surface area contributed by atoms with Crippen molar-refractivity contribution in [1.82, 2.24) is 14.9 Å². The first-order valence-corrected chi connectivity index (χ1v) is 6.52. The summed E-state index contributed by atoms with van der Waals surface area (Å²) in [5, 5.41) is 3.46. The number of rotatable bonds is 6. The molecule has 1 atom stereocenters. The monoisotopic (exact) mass is 221 g/mol. The molecule has 0 saturated heterocycles. The Balaban J connectivity index is 1.97. The fraction of sp³-hybridized carbons (Fsp3) is 0.769. The molecular weight excluding hydrogens is 198 g/mol. The Morgan fingerprint density at radius 3 is 2.94 bits per heavy atom. The molecule has 3 heteroatoms. The van der Waals surface area contributed by atoms with Crippen molar-refractivity contribution in [2.75, 3.05) is 7.05 Å². The molecule has 1 fully saturated rings. The molecule has 1 aliphatic rings. The van der Waals surface area contributed by atoms with Gasteiger partial charge in [-0.1, -0.05) is 13.3 Å². The Morgan fingerprint density at radius 2 is 2.38 bits per heavy atom. The van der Waals surface area contributed by atoms with Crippen molar-refractivity contribution in [2.45, 2.75) is 51.6 Å². The minimum atomic E-state index is 0.617. The number of nitrogens with one attached hydrogen (secondary N) is 1. The molecule has 1 N–H and O–H groups in total. The van der Waals surface area contributed by atoms with E-state index in [9.17, 15) is 0 Å². The van der Waals surface area contributed by atoms with E-state index in [1.165, 1.54) is 31.5 Å². The van der Waals surface area contributed by atoms with E-state index in [-0.39, 0.29) is 0 Å². The third kappa shape index (κ3) is 2.46. The lowest BCUT2D eigenvalue weighted by Gasteiger charge is -2.33. The molecule has 0 radical (unpaired) electrons. The Labute approximate surface area is 98.3 Å². The fourth-order valence-electron chi connectivity index (χ4n) is 2.52. The van der Waals surface area contributed by atoms with Gasteiger partial charge < -0.3 is 9.88 Å². The van der Waals surface area contributed by atoms with Gasteiger partial charge in [0.2, 0.25) is 0 Å². The molecule has 90 valence electrons. The molecule has 0 bridgehead atoms. The summed E-state index contributed by atoms with van der Waals surface area (Å²) < 4.78 is 2.29. The second kappa shape index (κ2) is 5.48. The Morgan fingerprint density at radius 1 is 1.56 bits per heavy atom. The first-order chi connectivity index (χ1) is 7.85. The Kier molecular flexibility index (Phi) is 3.99. The molecule has 1 saturated carbocycles. The van der Waals surface area contributed by atoms with Crippen LogP contribution < -0.4 is 5.32 Å². The van der Waals surface area contributed by atoms with Crippen LogP contribution in [-0.2, 0) is 13.0 Å². The van der Waals surface area contributed by atoms with Crippen molar-refractivity contribution in [3.05, 3.63) is 18.2 Å². The summed E-state index contributed by atoms with van der Waals surface area (Å²) in [5.74, 6) is 2.12. The molecule has 0 spiro atoms. The van der Waals surface area contributed by atoms with Gasteiger partial charge >= 0.3 is 0 Å². The third-order valence-electron chi connectivity index (χ3n) is 3.76. The lowest BCUT2D eigenvalue weighted by atomic mass is 9.78. The minimum absolute atomic E-state index is 0.617. The first kappa shape index (κ1) is 11.6. The topological polar surface area (TPSA) is 29.9 Å². The predicted octanol–water partition coefficient (Wildman–Crippen LogP) is 2.22. The van der Waals surface area contributed by atoms with Gasteiger partial charge in [0.25, 0.3) is 0 Å². The number of aryl methyl sites for hydroxylation is 1. The lowest BCUT2D eigenvalue weighted by molar-refractivity contribution is 0.232. The van der Waals surface area contributed by atoms with Crippen LogP contribution in [0.1, 0.15) is 38.4 Å². The molecule has 3 nitrogen and oxygen atoms in total. The zero-order valence-corrected chi connectivity index (χ0v) is 10.4. The highest BCUT2D eigenvalue weighted by molar-refractivity contribution is 4.98. The number of aromatic nitrogens is 2. The maximum Gasteiger partial charge on any atom is 0.110 e. The van der Waals surface area contributed by atoms with Crippen molar-refractivity contribution in [2.24, 2.45) is 5.92 Å². The molecule has 0 aliphatic heterocycles. The first-order valence-electron chi connectivity index (χ1n) is 6.52. The molecular formula is C13H23N3. The van der Waals surface area contributed by atoms with Crippen molar-refractivity contribution < 1.29 is 0 Å². The van der Waals surface area contributed by atoms with E-state index in [4.69, 9.17) is 0 Å². The van der Waals surface area contributed by atoms with Gasteiger partial charge in [0.05, 0.1) is 0 Å². The molecule has 1 aromatic heterocycles. The number of imidazole rings is 1. The Bertz CT molecular complexity index is 315. The lowest BCUT2D eigenvalue weighted by Crippen LogP contribution is -2.39. The second-order valence-electron chi connectivity index (χ2n) is 4.83. The minimum Gasteiger partial charge on any atom is -0.335 e. The Hall–Kier alpha value is -0.830. The number of hydrogen-bond donors (Lipinski definition) is 1. The highest BCUT2D eigenvalue weighted by Gasteiger charge is 2.27. The van der Waals surface area contributed by atoms with E-state index in [0.29, 0.717) is 6.04 Å². The summed E-state index contributed by atoms with van der Waals surface area (Å²) in [7, 11) is 2.08. The highest BCUT2D eigenvalue weighted by Crippen LogP contribution is 2.30. The highest BCUT2D eigenvalue weighted by atomic mass is 15.1. The van der Waals surface area contributed by atoms with Crippen LogP contribution in [0.4, 0.5) is 0 Å². The zero-order valence-electron chi connectivity index (χ0n) is 10.4. The summed E-state index contributed by atoms with van der Waals surface area (Å²) in [5.41, 5.74) is 0. The van der Waals surface area contributed by atoms with Crippen molar-refractivity contribution in [3.63, 3.8) is 0 Å². The summed E-state index contributed by atoms with van der Waals surface area (Å²) in [6.07, 6.45) is 10.5. The summed E-state index contributed by atoms with van der Waals surface area (Å²) in [4.78, 5) is 4.49. The molecule has 1 unspecified atom stereocenters. The quantitative estimate of drug-likeness (QED) is 0.798. The van der Waals surface area contributed by atoms with Gasteiger partial charge in [-0.2, -0.15) is 0 Å². The maximum atomic E-state index is 4.49. The molecule has 0 aromatic carbocycles. The van der Waals surface area contributed by atoms with E-state index in [2.05, 4.69) is 35.0 Å². The predicted molar refractivity (Wildman–Crippen MR) is 66.4 cm³/mol. The maximum absolute atomic E-state index is 4.49. The average Bonchev–Trinajstić information content (AvgIpc) is 2.63. The van der Waals surface area contributed by atoms with Crippen molar-refractivity contribution in [3.8, 4) is 0 Å². The van der Waals surface area contributed by atoms with E-state index in [1.807, 2.05) is 6.20 Å². The van der Waals surface area contributed by atoms with Crippen molar-refractivity contribution >= 4 is 0 Å². The molecule has 2 rings (SSSR count). The van der Waals surface area contributed by atoms with E-state index in [0.717, 1.165) is 18.9 Å². The van der Waals surface area contributed by atoms with Crippen LogP contribution in [0.3, 0.4) is 0 Å². The second-order valence-corrected chi connectivity index (χ2v) is 4.83. The molecule has 16 heavy (non-hydrogen) atoms. The van der Waals surface area contributed by atoms with Gasteiger partial charge in [0.15, 0.2) is 0 Å². The van der Waals surface area contributed by atoms with Gasteiger partial charge in [-0.25, -0.2) is 4.98 Å².